The van der Waals surface area contributed by atoms with E-state index in [1.165, 1.54) is 19.3 Å². The Morgan fingerprint density at radius 3 is 2.74 bits per heavy atom. The summed E-state index contributed by atoms with van der Waals surface area (Å²) in [4.78, 5) is 19.2. The zero-order valence-corrected chi connectivity index (χ0v) is 12.4. The van der Waals surface area contributed by atoms with Gasteiger partial charge in [0.05, 0.1) is 5.56 Å². The molecule has 0 aromatic carbocycles. The molecule has 0 spiro atoms. The molecule has 2 rings (SSSR count). The van der Waals surface area contributed by atoms with Crippen molar-refractivity contribution in [2.75, 3.05) is 6.54 Å². The first kappa shape index (κ1) is 14.3. The van der Waals surface area contributed by atoms with Crippen LogP contribution >= 0.6 is 0 Å². The monoisotopic (exact) mass is 263 g/mol. The maximum Gasteiger partial charge on any atom is 0.255 e. The molecule has 2 N–H and O–H groups in total. The standard InChI is InChI=1S/C15H25N3O/c1-9-5-6-13(7-9)8-16-10(2)14-11(3)17-12(4)18-15(14)19/h9-10,13,16H,5-8H2,1-4H3,(H,17,18,19). The maximum atomic E-state index is 12.0. The number of hydrogen-bond acceptors (Lipinski definition) is 3. The number of aromatic amines is 1. The van der Waals surface area contributed by atoms with Crippen LogP contribution in [0.4, 0.5) is 0 Å². The van der Waals surface area contributed by atoms with Crippen molar-refractivity contribution in [2.45, 2.75) is 53.0 Å². The van der Waals surface area contributed by atoms with Gasteiger partial charge >= 0.3 is 0 Å². The summed E-state index contributed by atoms with van der Waals surface area (Å²) in [7, 11) is 0. The molecule has 19 heavy (non-hydrogen) atoms. The van der Waals surface area contributed by atoms with Gasteiger partial charge < -0.3 is 10.3 Å². The molecule has 4 nitrogen and oxygen atoms in total. The molecular weight excluding hydrogens is 238 g/mol. The van der Waals surface area contributed by atoms with E-state index in [0.717, 1.165) is 29.6 Å². The fourth-order valence-electron chi connectivity index (χ4n) is 3.20. The first-order valence-corrected chi connectivity index (χ1v) is 7.28. The number of aryl methyl sites for hydroxylation is 2. The molecule has 0 amide bonds. The van der Waals surface area contributed by atoms with E-state index in [9.17, 15) is 4.79 Å². The zero-order chi connectivity index (χ0) is 14.0. The third-order valence-electron chi connectivity index (χ3n) is 4.21. The van der Waals surface area contributed by atoms with E-state index in [2.05, 4.69) is 22.2 Å². The van der Waals surface area contributed by atoms with E-state index < -0.39 is 0 Å². The number of hydrogen-bond donors (Lipinski definition) is 2. The normalized spacial score (nSPS) is 24.6. The molecule has 106 valence electrons. The number of rotatable bonds is 4. The minimum atomic E-state index is -0.00945. The Bertz CT molecular complexity index is 495. The minimum Gasteiger partial charge on any atom is -0.310 e. The van der Waals surface area contributed by atoms with Crippen LogP contribution in [0.25, 0.3) is 0 Å². The molecule has 0 radical (unpaired) electrons. The third-order valence-corrected chi connectivity index (χ3v) is 4.21. The Balaban J connectivity index is 2.00. The van der Waals surface area contributed by atoms with Gasteiger partial charge in [0.25, 0.3) is 5.56 Å². The molecular formula is C15H25N3O. The largest absolute Gasteiger partial charge is 0.310 e. The van der Waals surface area contributed by atoms with E-state index in [4.69, 9.17) is 0 Å². The third kappa shape index (κ3) is 3.44. The molecule has 1 fully saturated rings. The van der Waals surface area contributed by atoms with Crippen molar-refractivity contribution in [2.24, 2.45) is 11.8 Å². The van der Waals surface area contributed by atoms with Crippen molar-refractivity contribution in [1.29, 1.82) is 0 Å². The van der Waals surface area contributed by atoms with Crippen LogP contribution in [0.3, 0.4) is 0 Å². The molecule has 4 heteroatoms. The lowest BCUT2D eigenvalue weighted by Crippen LogP contribution is -2.30. The van der Waals surface area contributed by atoms with Crippen LogP contribution in [0.2, 0.25) is 0 Å². The summed E-state index contributed by atoms with van der Waals surface area (Å²) in [6, 6.07) is 0.0627. The average Bonchev–Trinajstić information content (AvgIpc) is 2.71. The van der Waals surface area contributed by atoms with Gasteiger partial charge in [-0.15, -0.1) is 0 Å². The molecule has 0 bridgehead atoms. The molecule has 1 aliphatic carbocycles. The van der Waals surface area contributed by atoms with E-state index in [1.54, 1.807) is 0 Å². The number of H-pyrrole nitrogens is 1. The summed E-state index contributed by atoms with van der Waals surface area (Å²) in [5, 5.41) is 3.50. The van der Waals surface area contributed by atoms with E-state index in [1.807, 2.05) is 20.8 Å². The Morgan fingerprint density at radius 1 is 1.42 bits per heavy atom. The lowest BCUT2D eigenvalue weighted by atomic mass is 10.0. The highest BCUT2D eigenvalue weighted by Gasteiger charge is 2.22. The van der Waals surface area contributed by atoms with Crippen molar-refractivity contribution in [3.05, 3.63) is 27.4 Å². The molecule has 1 aliphatic rings. The summed E-state index contributed by atoms with van der Waals surface area (Å²) in [5.41, 5.74) is 1.60. The van der Waals surface area contributed by atoms with Crippen LogP contribution in [-0.4, -0.2) is 16.5 Å². The molecule has 3 atom stereocenters. The lowest BCUT2D eigenvalue weighted by Gasteiger charge is -2.18. The second-order valence-corrected chi connectivity index (χ2v) is 6.06. The topological polar surface area (TPSA) is 57.8 Å². The van der Waals surface area contributed by atoms with Gasteiger partial charge in [0, 0.05) is 11.7 Å². The van der Waals surface area contributed by atoms with Crippen LogP contribution < -0.4 is 10.9 Å². The van der Waals surface area contributed by atoms with Crippen molar-refractivity contribution < 1.29 is 0 Å². The van der Waals surface area contributed by atoms with Crippen molar-refractivity contribution in [3.63, 3.8) is 0 Å². The first-order chi connectivity index (χ1) is 8.97. The summed E-state index contributed by atoms with van der Waals surface area (Å²) in [6.45, 7) is 9.09. The van der Waals surface area contributed by atoms with E-state index in [-0.39, 0.29) is 11.6 Å². The SMILES string of the molecule is Cc1nc(C)c(C(C)NCC2CCC(C)C2)c(=O)[nH]1. The van der Waals surface area contributed by atoms with Crippen molar-refractivity contribution in [3.8, 4) is 0 Å². The predicted octanol–water partition coefficient (Wildman–Crippen LogP) is 2.47. The second-order valence-electron chi connectivity index (χ2n) is 6.06. The highest BCUT2D eigenvalue weighted by molar-refractivity contribution is 5.19. The van der Waals surface area contributed by atoms with Crippen molar-refractivity contribution >= 4 is 0 Å². The van der Waals surface area contributed by atoms with Crippen molar-refractivity contribution in [1.82, 2.24) is 15.3 Å². The van der Waals surface area contributed by atoms with E-state index >= 15 is 0 Å². The highest BCUT2D eigenvalue weighted by atomic mass is 16.1. The van der Waals surface area contributed by atoms with Crippen LogP contribution in [0, 0.1) is 25.7 Å². The Kier molecular flexibility index (Phi) is 4.40. The van der Waals surface area contributed by atoms with Gasteiger partial charge in [0.1, 0.15) is 5.82 Å². The molecule has 1 saturated carbocycles. The van der Waals surface area contributed by atoms with Crippen LogP contribution in [-0.2, 0) is 0 Å². The van der Waals surface area contributed by atoms with E-state index in [0.29, 0.717) is 5.82 Å². The summed E-state index contributed by atoms with van der Waals surface area (Å²) in [5.74, 6) is 2.30. The molecule has 3 unspecified atom stereocenters. The second kappa shape index (κ2) is 5.87. The van der Waals surface area contributed by atoms with Gasteiger partial charge in [0.2, 0.25) is 0 Å². The predicted molar refractivity (Wildman–Crippen MR) is 77.3 cm³/mol. The zero-order valence-electron chi connectivity index (χ0n) is 12.4. The fraction of sp³-hybridized carbons (Fsp3) is 0.733. The molecule has 1 heterocycles. The number of aromatic nitrogens is 2. The van der Waals surface area contributed by atoms with Crippen LogP contribution in [0.5, 0.6) is 0 Å². The van der Waals surface area contributed by atoms with Gasteiger partial charge in [-0.2, -0.15) is 0 Å². The molecule has 1 aromatic rings. The summed E-state index contributed by atoms with van der Waals surface area (Å²) in [6.07, 6.45) is 3.95. The smallest absolute Gasteiger partial charge is 0.255 e. The average molecular weight is 263 g/mol. The van der Waals surface area contributed by atoms with Gasteiger partial charge in [-0.3, -0.25) is 4.79 Å². The van der Waals surface area contributed by atoms with Crippen LogP contribution in [0.15, 0.2) is 4.79 Å². The van der Waals surface area contributed by atoms with Crippen LogP contribution in [0.1, 0.15) is 56.2 Å². The number of nitrogens with one attached hydrogen (secondary N) is 2. The maximum absolute atomic E-state index is 12.0. The summed E-state index contributed by atoms with van der Waals surface area (Å²) < 4.78 is 0. The number of nitrogens with zero attached hydrogens (tertiary/aromatic N) is 1. The Labute approximate surface area is 115 Å². The fourth-order valence-corrected chi connectivity index (χ4v) is 3.20. The van der Waals surface area contributed by atoms with Gasteiger partial charge in [0.15, 0.2) is 0 Å². The molecule has 0 saturated heterocycles. The van der Waals surface area contributed by atoms with Gasteiger partial charge in [-0.1, -0.05) is 13.3 Å². The molecule has 1 aromatic heterocycles. The quantitative estimate of drug-likeness (QED) is 0.877. The minimum absolute atomic E-state index is 0.00945. The summed E-state index contributed by atoms with van der Waals surface area (Å²) >= 11 is 0. The highest BCUT2D eigenvalue weighted by Crippen LogP contribution is 2.30. The van der Waals surface area contributed by atoms with Gasteiger partial charge in [-0.25, -0.2) is 4.98 Å². The Morgan fingerprint density at radius 2 is 2.16 bits per heavy atom. The first-order valence-electron chi connectivity index (χ1n) is 7.28. The lowest BCUT2D eigenvalue weighted by molar-refractivity contribution is 0.437. The Hall–Kier alpha value is -1.16. The molecule has 0 aliphatic heterocycles. The van der Waals surface area contributed by atoms with Gasteiger partial charge in [-0.05, 0) is 52.0 Å².